The minimum Gasteiger partial charge on any atom is -0.477 e. The second-order valence-corrected chi connectivity index (χ2v) is 6.62. The normalized spacial score (nSPS) is 19.6. The van der Waals surface area contributed by atoms with Gasteiger partial charge in [0.2, 0.25) is 11.8 Å². The number of amides is 1. The molecule has 2 atom stereocenters. The number of nitrogens with zero attached hydrogens (tertiary/aromatic N) is 1. The van der Waals surface area contributed by atoms with Crippen LogP contribution in [0.25, 0.3) is 0 Å². The standard InChI is InChI=1S/C17H24N2O2/c1-12(20)18-15(17(2,3)4)16-19-14(11-21-16)10-13-8-6-5-7-9-13/h5-9,14-15H,10-11H2,1-4H3,(H,18,20)/t14-,15+/m0/s1. The third-order valence-corrected chi connectivity index (χ3v) is 3.51. The van der Waals surface area contributed by atoms with Crippen LogP contribution in [0.5, 0.6) is 0 Å². The zero-order chi connectivity index (χ0) is 15.5. The maximum atomic E-state index is 11.4. The van der Waals surface area contributed by atoms with Gasteiger partial charge < -0.3 is 10.1 Å². The lowest BCUT2D eigenvalue weighted by molar-refractivity contribution is -0.119. The summed E-state index contributed by atoms with van der Waals surface area (Å²) in [6.45, 7) is 8.32. The van der Waals surface area contributed by atoms with Crippen molar-refractivity contribution in [3.05, 3.63) is 35.9 Å². The van der Waals surface area contributed by atoms with Crippen molar-refractivity contribution >= 4 is 11.8 Å². The molecule has 4 nitrogen and oxygen atoms in total. The van der Waals surface area contributed by atoms with E-state index in [-0.39, 0.29) is 23.4 Å². The van der Waals surface area contributed by atoms with E-state index in [9.17, 15) is 4.79 Å². The molecule has 4 heteroatoms. The fourth-order valence-electron chi connectivity index (χ4n) is 2.44. The molecular weight excluding hydrogens is 264 g/mol. The minimum absolute atomic E-state index is 0.0623. The smallest absolute Gasteiger partial charge is 0.217 e. The Kier molecular flexibility index (Phi) is 4.66. The van der Waals surface area contributed by atoms with Crippen molar-refractivity contribution in [3.8, 4) is 0 Å². The number of carbonyl (C=O) groups excluding carboxylic acids is 1. The first-order chi connectivity index (χ1) is 9.86. The molecule has 1 heterocycles. The summed E-state index contributed by atoms with van der Waals surface area (Å²) >= 11 is 0. The lowest BCUT2D eigenvalue weighted by atomic mass is 9.86. The molecular formula is C17H24N2O2. The van der Waals surface area contributed by atoms with Gasteiger partial charge in [-0.2, -0.15) is 0 Å². The first-order valence-electron chi connectivity index (χ1n) is 7.38. The Labute approximate surface area is 126 Å². The number of rotatable bonds is 4. The van der Waals surface area contributed by atoms with Gasteiger partial charge in [-0.05, 0) is 17.4 Å². The molecule has 1 amide bonds. The number of nitrogens with one attached hydrogen (secondary N) is 1. The zero-order valence-electron chi connectivity index (χ0n) is 13.2. The highest BCUT2D eigenvalue weighted by atomic mass is 16.5. The van der Waals surface area contributed by atoms with Crippen molar-refractivity contribution in [1.82, 2.24) is 5.32 Å². The molecule has 0 aromatic heterocycles. The van der Waals surface area contributed by atoms with Crippen LogP contribution in [0.15, 0.2) is 35.3 Å². The van der Waals surface area contributed by atoms with Crippen LogP contribution in [0, 0.1) is 5.41 Å². The highest BCUT2D eigenvalue weighted by molar-refractivity contribution is 5.88. The summed E-state index contributed by atoms with van der Waals surface area (Å²) in [4.78, 5) is 16.1. The third kappa shape index (κ3) is 4.31. The van der Waals surface area contributed by atoms with E-state index in [2.05, 4.69) is 43.2 Å². The van der Waals surface area contributed by atoms with Gasteiger partial charge in [0.05, 0.1) is 6.04 Å². The summed E-state index contributed by atoms with van der Waals surface area (Å²) < 4.78 is 5.76. The molecule has 1 aliphatic heterocycles. The molecule has 0 saturated heterocycles. The van der Waals surface area contributed by atoms with E-state index >= 15 is 0 Å². The van der Waals surface area contributed by atoms with Crippen LogP contribution in [0.2, 0.25) is 0 Å². The summed E-state index contributed by atoms with van der Waals surface area (Å²) in [6, 6.07) is 10.2. The van der Waals surface area contributed by atoms with Crippen LogP contribution in [0.3, 0.4) is 0 Å². The Morgan fingerprint density at radius 1 is 1.38 bits per heavy atom. The lowest BCUT2D eigenvalue weighted by Crippen LogP contribution is -2.48. The van der Waals surface area contributed by atoms with Gasteiger partial charge in [-0.3, -0.25) is 4.79 Å². The molecule has 114 valence electrons. The van der Waals surface area contributed by atoms with E-state index in [4.69, 9.17) is 4.74 Å². The maximum absolute atomic E-state index is 11.4. The summed E-state index contributed by atoms with van der Waals surface area (Å²) in [6.07, 6.45) is 0.862. The molecule has 0 bridgehead atoms. The summed E-state index contributed by atoms with van der Waals surface area (Å²) in [5, 5.41) is 2.95. The van der Waals surface area contributed by atoms with E-state index in [1.807, 2.05) is 18.2 Å². The van der Waals surface area contributed by atoms with Gasteiger partial charge in [0.25, 0.3) is 0 Å². The maximum Gasteiger partial charge on any atom is 0.217 e. The highest BCUT2D eigenvalue weighted by Gasteiger charge is 2.35. The first-order valence-corrected chi connectivity index (χ1v) is 7.38. The molecule has 0 fully saturated rings. The van der Waals surface area contributed by atoms with Crippen LogP contribution in [-0.2, 0) is 16.0 Å². The fourth-order valence-corrected chi connectivity index (χ4v) is 2.44. The number of carbonyl (C=O) groups is 1. The Morgan fingerprint density at radius 3 is 2.62 bits per heavy atom. The Balaban J connectivity index is 2.09. The second kappa shape index (κ2) is 6.29. The molecule has 1 aromatic carbocycles. The van der Waals surface area contributed by atoms with Crippen molar-refractivity contribution in [3.63, 3.8) is 0 Å². The van der Waals surface area contributed by atoms with E-state index in [1.165, 1.54) is 12.5 Å². The molecule has 0 unspecified atom stereocenters. The van der Waals surface area contributed by atoms with E-state index in [0.717, 1.165) is 6.42 Å². The summed E-state index contributed by atoms with van der Waals surface area (Å²) in [5.74, 6) is 0.589. The lowest BCUT2D eigenvalue weighted by Gasteiger charge is -2.30. The highest BCUT2D eigenvalue weighted by Crippen LogP contribution is 2.24. The Hall–Kier alpha value is -1.84. The average molecular weight is 288 g/mol. The van der Waals surface area contributed by atoms with Crippen LogP contribution < -0.4 is 5.32 Å². The van der Waals surface area contributed by atoms with E-state index in [1.54, 1.807) is 0 Å². The van der Waals surface area contributed by atoms with Crippen LogP contribution in [-0.4, -0.2) is 30.5 Å². The largest absolute Gasteiger partial charge is 0.477 e. The molecule has 0 aliphatic carbocycles. The molecule has 2 rings (SSSR count). The van der Waals surface area contributed by atoms with Gasteiger partial charge in [0.1, 0.15) is 12.6 Å². The number of hydrogen-bond acceptors (Lipinski definition) is 3. The topological polar surface area (TPSA) is 50.7 Å². The average Bonchev–Trinajstić information content (AvgIpc) is 2.84. The van der Waals surface area contributed by atoms with Crippen LogP contribution in [0.1, 0.15) is 33.3 Å². The van der Waals surface area contributed by atoms with E-state index < -0.39 is 0 Å². The molecule has 0 saturated carbocycles. The number of benzene rings is 1. The quantitative estimate of drug-likeness (QED) is 0.925. The predicted octanol–water partition coefficient (Wildman–Crippen LogP) is 2.58. The van der Waals surface area contributed by atoms with Crippen LogP contribution >= 0.6 is 0 Å². The fraction of sp³-hybridized carbons (Fsp3) is 0.529. The minimum atomic E-state index is -0.184. The molecule has 0 radical (unpaired) electrons. The first kappa shape index (κ1) is 15.5. The van der Waals surface area contributed by atoms with Gasteiger partial charge in [-0.25, -0.2) is 4.99 Å². The van der Waals surface area contributed by atoms with Crippen molar-refractivity contribution < 1.29 is 9.53 Å². The second-order valence-electron chi connectivity index (χ2n) is 6.62. The predicted molar refractivity (Wildman–Crippen MR) is 84.4 cm³/mol. The van der Waals surface area contributed by atoms with Gasteiger partial charge in [-0.1, -0.05) is 51.1 Å². The van der Waals surface area contributed by atoms with Gasteiger partial charge in [0.15, 0.2) is 0 Å². The SMILES string of the molecule is CC(=O)N[C@H](C1=N[C@@H](Cc2ccccc2)CO1)C(C)(C)C. The summed E-state index contributed by atoms with van der Waals surface area (Å²) in [7, 11) is 0. The number of ether oxygens (including phenoxy) is 1. The van der Waals surface area contributed by atoms with Crippen molar-refractivity contribution in [2.75, 3.05) is 6.61 Å². The van der Waals surface area contributed by atoms with Gasteiger partial charge in [0, 0.05) is 6.92 Å². The summed E-state index contributed by atoms with van der Waals surface area (Å²) in [5.41, 5.74) is 1.12. The molecule has 0 spiro atoms. The van der Waals surface area contributed by atoms with Crippen molar-refractivity contribution in [1.29, 1.82) is 0 Å². The van der Waals surface area contributed by atoms with Crippen LogP contribution in [0.4, 0.5) is 0 Å². The monoisotopic (exact) mass is 288 g/mol. The van der Waals surface area contributed by atoms with Crippen molar-refractivity contribution in [2.24, 2.45) is 10.4 Å². The Morgan fingerprint density at radius 2 is 2.05 bits per heavy atom. The molecule has 1 N–H and O–H groups in total. The van der Waals surface area contributed by atoms with E-state index in [0.29, 0.717) is 12.5 Å². The number of hydrogen-bond donors (Lipinski definition) is 1. The van der Waals surface area contributed by atoms with Gasteiger partial charge in [-0.15, -0.1) is 0 Å². The van der Waals surface area contributed by atoms with Gasteiger partial charge >= 0.3 is 0 Å². The Bertz CT molecular complexity index is 517. The zero-order valence-corrected chi connectivity index (χ0v) is 13.2. The number of aliphatic imine (C=N–C) groups is 1. The molecule has 1 aromatic rings. The molecule has 1 aliphatic rings. The van der Waals surface area contributed by atoms with Crippen molar-refractivity contribution in [2.45, 2.75) is 46.2 Å². The molecule has 21 heavy (non-hydrogen) atoms. The third-order valence-electron chi connectivity index (χ3n) is 3.51.